The number of hydrogen-bond acceptors (Lipinski definition) is 5. The first kappa shape index (κ1) is 18.3. The summed E-state index contributed by atoms with van der Waals surface area (Å²) in [6.07, 6.45) is -0.497. The van der Waals surface area contributed by atoms with Gasteiger partial charge in [-0.25, -0.2) is 4.98 Å². The van der Waals surface area contributed by atoms with Gasteiger partial charge in [0.1, 0.15) is 11.0 Å². The molecule has 1 atom stereocenters. The van der Waals surface area contributed by atoms with Gasteiger partial charge in [-0.3, -0.25) is 9.59 Å². The Morgan fingerprint density at radius 3 is 2.58 bits per heavy atom. The first-order valence-corrected chi connectivity index (χ1v) is 8.83. The van der Waals surface area contributed by atoms with Crippen molar-refractivity contribution >= 4 is 57.1 Å². The molecule has 6 nitrogen and oxygen atoms in total. The number of rotatable bonds is 6. The van der Waals surface area contributed by atoms with Gasteiger partial charge < -0.3 is 14.9 Å². The predicted molar refractivity (Wildman–Crippen MR) is 100 cm³/mol. The monoisotopic (exact) mass is 391 g/mol. The standard InChI is InChI=1S/C18H14ClNO5S/c1-25-10-3-5-13-12(7-10)17(26-15(18(23)24)8-16(21)22)11-4-2-9(19)6-14(11)20-13/h2-7,15H,8H2,1H3,(H,21,22)(H,23,24)/t15-/m1/s1. The van der Waals surface area contributed by atoms with Crippen LogP contribution in [0.1, 0.15) is 6.42 Å². The summed E-state index contributed by atoms with van der Waals surface area (Å²) >= 11 is 7.05. The molecule has 0 radical (unpaired) electrons. The summed E-state index contributed by atoms with van der Waals surface area (Å²) in [6, 6.07) is 10.4. The summed E-state index contributed by atoms with van der Waals surface area (Å²) in [5.74, 6) is -1.76. The molecule has 3 rings (SSSR count). The van der Waals surface area contributed by atoms with Gasteiger partial charge in [0, 0.05) is 20.7 Å². The van der Waals surface area contributed by atoms with Crippen LogP contribution in [0.15, 0.2) is 41.3 Å². The predicted octanol–water partition coefficient (Wildman–Crippen LogP) is 4.07. The Morgan fingerprint density at radius 1 is 1.15 bits per heavy atom. The zero-order valence-electron chi connectivity index (χ0n) is 13.6. The number of fused-ring (bicyclic) bond motifs is 2. The summed E-state index contributed by atoms with van der Waals surface area (Å²) in [7, 11) is 1.53. The van der Waals surface area contributed by atoms with Gasteiger partial charge in [-0.15, -0.1) is 11.8 Å². The highest BCUT2D eigenvalue weighted by atomic mass is 35.5. The number of carbonyl (C=O) groups is 2. The zero-order chi connectivity index (χ0) is 18.8. The second kappa shape index (κ2) is 7.39. The number of methoxy groups -OCH3 is 1. The van der Waals surface area contributed by atoms with E-state index in [-0.39, 0.29) is 0 Å². The van der Waals surface area contributed by atoms with Crippen LogP contribution in [0.25, 0.3) is 21.8 Å². The Kier molecular flexibility index (Phi) is 5.20. The summed E-state index contributed by atoms with van der Waals surface area (Å²) in [6.45, 7) is 0. The van der Waals surface area contributed by atoms with Crippen molar-refractivity contribution in [1.29, 1.82) is 0 Å². The molecule has 0 saturated carbocycles. The van der Waals surface area contributed by atoms with Crippen molar-refractivity contribution < 1.29 is 24.5 Å². The normalized spacial score (nSPS) is 12.2. The molecule has 0 fully saturated rings. The number of hydrogen-bond donors (Lipinski definition) is 2. The summed E-state index contributed by atoms with van der Waals surface area (Å²) in [4.78, 5) is 27.8. The SMILES string of the molecule is COc1ccc2nc3cc(Cl)ccc3c(S[C@H](CC(=O)O)C(=O)O)c2c1. The molecule has 0 bridgehead atoms. The molecule has 26 heavy (non-hydrogen) atoms. The number of halogens is 1. The Bertz CT molecular complexity index is 1020. The van der Waals surface area contributed by atoms with Crippen LogP contribution >= 0.6 is 23.4 Å². The highest BCUT2D eigenvalue weighted by Crippen LogP contribution is 2.39. The second-order valence-corrected chi connectivity index (χ2v) is 7.18. The third-order valence-electron chi connectivity index (χ3n) is 3.79. The van der Waals surface area contributed by atoms with Gasteiger partial charge in [0.15, 0.2) is 0 Å². The van der Waals surface area contributed by atoms with Gasteiger partial charge in [0.2, 0.25) is 0 Å². The average Bonchev–Trinajstić information content (AvgIpc) is 2.59. The molecule has 0 aliphatic carbocycles. The van der Waals surface area contributed by atoms with E-state index in [4.69, 9.17) is 21.4 Å². The van der Waals surface area contributed by atoms with Gasteiger partial charge in [0.05, 0.1) is 24.6 Å². The minimum atomic E-state index is -1.19. The van der Waals surface area contributed by atoms with Gasteiger partial charge >= 0.3 is 11.9 Å². The fourth-order valence-corrected chi connectivity index (χ4v) is 3.96. The van der Waals surface area contributed by atoms with Crippen LogP contribution in [0.5, 0.6) is 5.75 Å². The molecule has 0 aliphatic heterocycles. The van der Waals surface area contributed by atoms with E-state index in [0.717, 1.165) is 11.8 Å². The van der Waals surface area contributed by atoms with Crippen LogP contribution in [-0.2, 0) is 9.59 Å². The number of benzene rings is 2. The molecule has 0 spiro atoms. The number of aliphatic carboxylic acids is 2. The number of carboxylic acid groups (broad SMARTS) is 2. The quantitative estimate of drug-likeness (QED) is 0.482. The smallest absolute Gasteiger partial charge is 0.317 e. The van der Waals surface area contributed by atoms with Gasteiger partial charge in [0.25, 0.3) is 0 Å². The Labute approximate surface area is 157 Å². The van der Waals surface area contributed by atoms with Crippen LogP contribution < -0.4 is 4.74 Å². The molecule has 134 valence electrons. The Balaban J connectivity index is 2.26. The third-order valence-corrected chi connectivity index (χ3v) is 5.35. The van der Waals surface area contributed by atoms with Gasteiger partial charge in [-0.2, -0.15) is 0 Å². The van der Waals surface area contributed by atoms with E-state index in [1.54, 1.807) is 36.4 Å². The van der Waals surface area contributed by atoms with Crippen LogP contribution in [0.4, 0.5) is 0 Å². The molecule has 2 aromatic carbocycles. The number of aromatic nitrogens is 1. The zero-order valence-corrected chi connectivity index (χ0v) is 15.2. The Morgan fingerprint density at radius 2 is 1.92 bits per heavy atom. The lowest BCUT2D eigenvalue weighted by molar-refractivity contribution is -0.142. The number of ether oxygens (including phenoxy) is 1. The van der Waals surface area contributed by atoms with E-state index < -0.39 is 23.6 Å². The van der Waals surface area contributed by atoms with Crippen molar-refractivity contribution in [3.63, 3.8) is 0 Å². The van der Waals surface area contributed by atoms with Gasteiger partial charge in [-0.1, -0.05) is 17.7 Å². The van der Waals surface area contributed by atoms with E-state index in [1.807, 2.05) is 0 Å². The molecule has 1 heterocycles. The number of nitrogens with zero attached hydrogens (tertiary/aromatic N) is 1. The molecule has 2 N–H and O–H groups in total. The molecule has 0 saturated heterocycles. The van der Waals surface area contributed by atoms with Crippen molar-refractivity contribution in [3.8, 4) is 5.75 Å². The molecule has 0 unspecified atom stereocenters. The highest BCUT2D eigenvalue weighted by Gasteiger charge is 2.25. The Hall–Kier alpha value is -2.51. The minimum Gasteiger partial charge on any atom is -0.497 e. The molecular weight excluding hydrogens is 378 g/mol. The van der Waals surface area contributed by atoms with Crippen LogP contribution in [0, 0.1) is 0 Å². The first-order valence-electron chi connectivity index (χ1n) is 7.57. The molecule has 0 aliphatic rings. The van der Waals surface area contributed by atoms with Crippen molar-refractivity contribution in [2.75, 3.05) is 7.11 Å². The fraction of sp³-hybridized carbons (Fsp3) is 0.167. The second-order valence-electron chi connectivity index (χ2n) is 5.53. The van der Waals surface area contributed by atoms with Crippen molar-refractivity contribution in [2.45, 2.75) is 16.6 Å². The highest BCUT2D eigenvalue weighted by molar-refractivity contribution is 8.01. The maximum Gasteiger partial charge on any atom is 0.317 e. The lowest BCUT2D eigenvalue weighted by Gasteiger charge is -2.15. The molecule has 0 amide bonds. The summed E-state index contributed by atoms with van der Waals surface area (Å²) in [5, 5.41) is 19.2. The molecular formula is C18H14ClNO5S. The van der Waals surface area contributed by atoms with Crippen LogP contribution in [0.3, 0.4) is 0 Å². The average molecular weight is 392 g/mol. The van der Waals surface area contributed by atoms with Gasteiger partial charge in [-0.05, 0) is 30.3 Å². The number of thioether (sulfide) groups is 1. The summed E-state index contributed by atoms with van der Waals surface area (Å²) in [5.41, 5.74) is 1.25. The molecule has 3 aromatic rings. The lowest BCUT2D eigenvalue weighted by Crippen LogP contribution is -2.20. The third kappa shape index (κ3) is 3.68. The van der Waals surface area contributed by atoms with E-state index in [1.165, 1.54) is 7.11 Å². The maximum absolute atomic E-state index is 11.5. The largest absolute Gasteiger partial charge is 0.497 e. The van der Waals surface area contributed by atoms with E-state index >= 15 is 0 Å². The van der Waals surface area contributed by atoms with E-state index in [2.05, 4.69) is 4.98 Å². The summed E-state index contributed by atoms with van der Waals surface area (Å²) < 4.78 is 5.26. The first-order chi connectivity index (χ1) is 12.4. The number of carboxylic acids is 2. The number of pyridine rings is 1. The maximum atomic E-state index is 11.5. The van der Waals surface area contributed by atoms with Crippen LogP contribution in [-0.4, -0.2) is 39.5 Å². The van der Waals surface area contributed by atoms with Crippen molar-refractivity contribution in [1.82, 2.24) is 4.98 Å². The topological polar surface area (TPSA) is 96.7 Å². The molecule has 8 heteroatoms. The van der Waals surface area contributed by atoms with E-state index in [0.29, 0.717) is 37.5 Å². The molecule has 1 aromatic heterocycles. The van der Waals surface area contributed by atoms with E-state index in [9.17, 15) is 14.7 Å². The fourth-order valence-electron chi connectivity index (χ4n) is 2.59. The van der Waals surface area contributed by atoms with Crippen molar-refractivity contribution in [3.05, 3.63) is 41.4 Å². The van der Waals surface area contributed by atoms with Crippen LogP contribution in [0.2, 0.25) is 5.02 Å². The lowest BCUT2D eigenvalue weighted by atomic mass is 10.1. The van der Waals surface area contributed by atoms with Crippen molar-refractivity contribution in [2.24, 2.45) is 0 Å². The minimum absolute atomic E-state index is 0.497.